The first kappa shape index (κ1) is 44.6. The Bertz CT molecular complexity index is 719. The number of amides is 1. The summed E-state index contributed by atoms with van der Waals surface area (Å²) >= 11 is 0. The zero-order valence-corrected chi connectivity index (χ0v) is 30.5. The first-order valence-corrected chi connectivity index (χ1v) is 19.8. The van der Waals surface area contributed by atoms with Gasteiger partial charge in [-0.15, -0.1) is 0 Å². The Morgan fingerprint density at radius 1 is 0.522 bits per heavy atom. The molecule has 0 aromatic carbocycles. The molecule has 0 bridgehead atoms. The van der Waals surface area contributed by atoms with Gasteiger partial charge in [0, 0.05) is 0 Å². The van der Waals surface area contributed by atoms with Gasteiger partial charge in [0.05, 0.1) is 18.8 Å². The Labute approximate surface area is 285 Å². The SMILES string of the molecule is CCCCCC/C=C/CC/C=C/C(O)C(CO)NC(=O)C(O)CCCCCCCC/C=C\CCCCCCCCCCCCCC. The van der Waals surface area contributed by atoms with Gasteiger partial charge in [0.2, 0.25) is 5.91 Å². The average Bonchev–Trinajstić information content (AvgIpc) is 3.06. The summed E-state index contributed by atoms with van der Waals surface area (Å²) in [7, 11) is 0. The number of carbonyl (C=O) groups excluding carboxylic acids is 1. The Hall–Kier alpha value is -1.43. The molecule has 0 radical (unpaired) electrons. The van der Waals surface area contributed by atoms with E-state index in [1.165, 1.54) is 135 Å². The molecule has 0 aliphatic heterocycles. The number of aliphatic hydroxyl groups is 3. The number of allylic oxidation sites excluding steroid dienone is 5. The van der Waals surface area contributed by atoms with Crippen LogP contribution in [0.4, 0.5) is 0 Å². The number of carbonyl (C=O) groups is 1. The summed E-state index contributed by atoms with van der Waals surface area (Å²) in [6.07, 6.45) is 44.6. The molecule has 0 rings (SSSR count). The number of aliphatic hydroxyl groups excluding tert-OH is 3. The molecule has 0 aromatic rings. The molecule has 3 atom stereocenters. The van der Waals surface area contributed by atoms with Gasteiger partial charge in [-0.05, 0) is 57.8 Å². The van der Waals surface area contributed by atoms with Crippen molar-refractivity contribution in [3.05, 3.63) is 36.5 Å². The molecule has 5 heteroatoms. The van der Waals surface area contributed by atoms with Crippen molar-refractivity contribution in [2.45, 2.75) is 212 Å². The van der Waals surface area contributed by atoms with Gasteiger partial charge in [0.15, 0.2) is 0 Å². The highest BCUT2D eigenvalue weighted by atomic mass is 16.3. The highest BCUT2D eigenvalue weighted by Gasteiger charge is 2.22. The van der Waals surface area contributed by atoms with E-state index in [4.69, 9.17) is 0 Å². The largest absolute Gasteiger partial charge is 0.394 e. The lowest BCUT2D eigenvalue weighted by molar-refractivity contribution is -0.131. The van der Waals surface area contributed by atoms with E-state index in [-0.39, 0.29) is 6.61 Å². The molecule has 5 nitrogen and oxygen atoms in total. The standard InChI is InChI=1S/C41H77NO4/c1-3-5-7-9-11-13-15-16-17-18-19-20-21-22-23-24-25-26-28-30-32-34-36-40(45)41(46)42-38(37-43)39(44)35-33-31-29-27-14-12-10-8-6-4-2/h14,22-23,27,33,35,38-40,43-45H,3-13,15-21,24-26,28-32,34,36-37H2,1-2H3,(H,42,46)/b23-22-,27-14+,35-33+. The van der Waals surface area contributed by atoms with Gasteiger partial charge in [-0.2, -0.15) is 0 Å². The van der Waals surface area contributed by atoms with E-state index in [1.807, 2.05) is 6.08 Å². The zero-order chi connectivity index (χ0) is 33.8. The fraction of sp³-hybridized carbons (Fsp3) is 0.829. The topological polar surface area (TPSA) is 89.8 Å². The van der Waals surface area contributed by atoms with Crippen LogP contribution in [0.2, 0.25) is 0 Å². The summed E-state index contributed by atoms with van der Waals surface area (Å²) in [5.74, 6) is -0.521. The summed E-state index contributed by atoms with van der Waals surface area (Å²) < 4.78 is 0. The van der Waals surface area contributed by atoms with Crippen LogP contribution in [0.5, 0.6) is 0 Å². The molecule has 0 saturated carbocycles. The summed E-state index contributed by atoms with van der Waals surface area (Å²) in [4.78, 5) is 12.4. The van der Waals surface area contributed by atoms with Crippen molar-refractivity contribution in [1.82, 2.24) is 5.32 Å². The van der Waals surface area contributed by atoms with Crippen LogP contribution in [0.25, 0.3) is 0 Å². The van der Waals surface area contributed by atoms with Crippen LogP contribution < -0.4 is 5.32 Å². The molecule has 0 aliphatic carbocycles. The lowest BCUT2D eigenvalue weighted by Gasteiger charge is -2.21. The first-order valence-electron chi connectivity index (χ1n) is 19.8. The van der Waals surface area contributed by atoms with Crippen molar-refractivity contribution < 1.29 is 20.1 Å². The molecule has 1 amide bonds. The van der Waals surface area contributed by atoms with Crippen LogP contribution in [0.1, 0.15) is 194 Å². The van der Waals surface area contributed by atoms with Crippen LogP contribution in [0.15, 0.2) is 36.5 Å². The molecule has 270 valence electrons. The molecule has 0 saturated heterocycles. The maximum Gasteiger partial charge on any atom is 0.249 e. The fourth-order valence-electron chi connectivity index (χ4n) is 5.78. The van der Waals surface area contributed by atoms with Crippen LogP contribution in [0.3, 0.4) is 0 Å². The number of nitrogens with one attached hydrogen (secondary N) is 1. The third kappa shape index (κ3) is 31.2. The van der Waals surface area contributed by atoms with Crippen molar-refractivity contribution in [3.63, 3.8) is 0 Å². The maximum atomic E-state index is 12.4. The Morgan fingerprint density at radius 3 is 1.35 bits per heavy atom. The van der Waals surface area contributed by atoms with Gasteiger partial charge in [-0.3, -0.25) is 4.79 Å². The lowest BCUT2D eigenvalue weighted by Crippen LogP contribution is -2.48. The van der Waals surface area contributed by atoms with Crippen LogP contribution in [0, 0.1) is 0 Å². The van der Waals surface area contributed by atoms with E-state index >= 15 is 0 Å². The third-order valence-electron chi connectivity index (χ3n) is 8.95. The monoisotopic (exact) mass is 648 g/mol. The predicted molar refractivity (Wildman–Crippen MR) is 199 cm³/mol. The van der Waals surface area contributed by atoms with E-state index < -0.39 is 24.2 Å². The minimum Gasteiger partial charge on any atom is -0.394 e. The van der Waals surface area contributed by atoms with E-state index in [0.29, 0.717) is 6.42 Å². The second-order valence-electron chi connectivity index (χ2n) is 13.5. The number of rotatable bonds is 35. The minimum atomic E-state index is -1.11. The van der Waals surface area contributed by atoms with E-state index in [0.717, 1.165) is 38.5 Å². The molecular weight excluding hydrogens is 570 g/mol. The van der Waals surface area contributed by atoms with E-state index in [9.17, 15) is 20.1 Å². The minimum absolute atomic E-state index is 0.379. The number of hydrogen-bond acceptors (Lipinski definition) is 4. The molecule has 0 spiro atoms. The van der Waals surface area contributed by atoms with Gasteiger partial charge in [0.25, 0.3) is 0 Å². The molecule has 0 aromatic heterocycles. The summed E-state index contributed by atoms with van der Waals surface area (Å²) in [6.45, 7) is 4.12. The molecular formula is C41H77NO4. The lowest BCUT2D eigenvalue weighted by atomic mass is 10.0. The number of unbranched alkanes of at least 4 members (excludes halogenated alkanes) is 23. The van der Waals surface area contributed by atoms with Gasteiger partial charge in [-0.1, -0.05) is 172 Å². The van der Waals surface area contributed by atoms with Gasteiger partial charge in [0.1, 0.15) is 6.10 Å². The predicted octanol–water partition coefficient (Wildman–Crippen LogP) is 10.8. The Balaban J connectivity index is 3.68. The van der Waals surface area contributed by atoms with Gasteiger partial charge < -0.3 is 20.6 Å². The molecule has 0 fully saturated rings. The van der Waals surface area contributed by atoms with Gasteiger partial charge in [-0.25, -0.2) is 0 Å². The van der Waals surface area contributed by atoms with E-state index in [1.54, 1.807) is 6.08 Å². The quantitative estimate of drug-likeness (QED) is 0.0407. The molecule has 0 heterocycles. The van der Waals surface area contributed by atoms with Crippen molar-refractivity contribution >= 4 is 5.91 Å². The third-order valence-corrected chi connectivity index (χ3v) is 8.95. The molecule has 46 heavy (non-hydrogen) atoms. The molecule has 0 aliphatic rings. The van der Waals surface area contributed by atoms with Crippen molar-refractivity contribution in [2.24, 2.45) is 0 Å². The zero-order valence-electron chi connectivity index (χ0n) is 30.5. The van der Waals surface area contributed by atoms with E-state index in [2.05, 4.69) is 43.5 Å². The fourth-order valence-corrected chi connectivity index (χ4v) is 5.78. The smallest absolute Gasteiger partial charge is 0.249 e. The normalized spacial score (nSPS) is 14.1. The van der Waals surface area contributed by atoms with Gasteiger partial charge >= 0.3 is 0 Å². The highest BCUT2D eigenvalue weighted by molar-refractivity contribution is 5.80. The molecule has 3 unspecified atom stereocenters. The maximum absolute atomic E-state index is 12.4. The first-order chi connectivity index (χ1) is 22.6. The summed E-state index contributed by atoms with van der Waals surface area (Å²) in [6, 6.07) is -0.814. The average molecular weight is 648 g/mol. The Morgan fingerprint density at radius 2 is 0.891 bits per heavy atom. The highest BCUT2D eigenvalue weighted by Crippen LogP contribution is 2.14. The Kier molecular flexibility index (Phi) is 35.3. The van der Waals surface area contributed by atoms with Crippen molar-refractivity contribution in [1.29, 1.82) is 0 Å². The second-order valence-corrected chi connectivity index (χ2v) is 13.5. The number of hydrogen-bond donors (Lipinski definition) is 4. The van der Waals surface area contributed by atoms with Crippen LogP contribution in [-0.4, -0.2) is 46.1 Å². The van der Waals surface area contributed by atoms with Crippen LogP contribution in [-0.2, 0) is 4.79 Å². The second kappa shape index (κ2) is 36.4. The van der Waals surface area contributed by atoms with Crippen molar-refractivity contribution in [3.8, 4) is 0 Å². The molecule has 4 N–H and O–H groups in total. The van der Waals surface area contributed by atoms with Crippen molar-refractivity contribution in [2.75, 3.05) is 6.61 Å². The summed E-state index contributed by atoms with van der Waals surface area (Å²) in [5, 5.41) is 32.9. The summed E-state index contributed by atoms with van der Waals surface area (Å²) in [5.41, 5.74) is 0. The van der Waals surface area contributed by atoms with Crippen LogP contribution >= 0.6 is 0 Å².